The van der Waals surface area contributed by atoms with Crippen molar-refractivity contribution in [1.29, 1.82) is 10.5 Å². The lowest BCUT2D eigenvalue weighted by molar-refractivity contribution is 1.05. The van der Waals surface area contributed by atoms with E-state index in [1.165, 1.54) is 10.8 Å². The van der Waals surface area contributed by atoms with Crippen molar-refractivity contribution in [3.05, 3.63) is 211 Å². The molecule has 0 atom stereocenters. The second kappa shape index (κ2) is 13.5. The van der Waals surface area contributed by atoms with Gasteiger partial charge in [-0.3, -0.25) is 0 Å². The van der Waals surface area contributed by atoms with Crippen molar-refractivity contribution in [2.75, 3.05) is 0 Å². The summed E-state index contributed by atoms with van der Waals surface area (Å²) in [6, 6.07) is 75.1. The largest absolute Gasteiger partial charge is 0.307 e. The van der Waals surface area contributed by atoms with E-state index in [1.54, 1.807) is 0 Å². The molecule has 0 saturated heterocycles. The summed E-state index contributed by atoms with van der Waals surface area (Å²) in [5, 5.41) is 26.9. The van der Waals surface area contributed by atoms with Crippen LogP contribution < -0.4 is 0 Å². The predicted octanol–water partition coefficient (Wildman–Crippen LogP) is 14.1. The highest BCUT2D eigenvalue weighted by Gasteiger charge is 2.30. The highest BCUT2D eigenvalue weighted by atomic mass is 15.1. The zero-order chi connectivity index (χ0) is 40.6. The lowest BCUT2D eigenvalue weighted by atomic mass is 9.89. The molecule has 5 nitrogen and oxygen atoms in total. The van der Waals surface area contributed by atoms with Crippen molar-refractivity contribution in [2.45, 2.75) is 0 Å². The second-order valence-electron chi connectivity index (χ2n) is 15.5. The van der Waals surface area contributed by atoms with Crippen molar-refractivity contribution in [2.24, 2.45) is 0 Å². The third-order valence-corrected chi connectivity index (χ3v) is 12.3. The average Bonchev–Trinajstić information content (AvgIpc) is 3.97. The lowest BCUT2D eigenvalue weighted by Gasteiger charge is -2.27. The Morgan fingerprint density at radius 1 is 0.311 bits per heavy atom. The van der Waals surface area contributed by atoms with Crippen LogP contribution in [0.5, 0.6) is 0 Å². The number of nitriles is 2. The van der Waals surface area contributed by atoms with Gasteiger partial charge in [0.1, 0.15) is 0 Å². The minimum Gasteiger partial charge on any atom is -0.307 e. The summed E-state index contributed by atoms with van der Waals surface area (Å²) in [4.78, 5) is 0. The molecule has 0 aliphatic carbocycles. The van der Waals surface area contributed by atoms with E-state index in [0.717, 1.165) is 94.0 Å². The van der Waals surface area contributed by atoms with Gasteiger partial charge >= 0.3 is 0 Å². The smallest absolute Gasteiger partial charge is 0.0991 e. The van der Waals surface area contributed by atoms with Crippen LogP contribution in [0, 0.1) is 22.7 Å². The molecule has 12 aromatic rings. The molecule has 0 spiro atoms. The summed E-state index contributed by atoms with van der Waals surface area (Å²) < 4.78 is 7.37. The SMILES string of the molecule is N#Cc1ccc(-c2cc(-n3c4ccccc4c4ccccc43)c(-n3c4ccccc4c4ccccc43)c(-n3c4ccccc4c4ccccc43)c2-c2ccc(C#N)cc2)cc1. The van der Waals surface area contributed by atoms with Crippen molar-refractivity contribution in [3.63, 3.8) is 0 Å². The quantitative estimate of drug-likeness (QED) is 0.175. The van der Waals surface area contributed by atoms with Gasteiger partial charge in [0.05, 0.1) is 73.4 Å². The van der Waals surface area contributed by atoms with Crippen LogP contribution in [-0.4, -0.2) is 13.7 Å². The molecule has 0 aliphatic heterocycles. The molecule has 0 unspecified atom stereocenters. The molecule has 12 rings (SSSR count). The fraction of sp³-hybridized carbons (Fsp3) is 0. The van der Waals surface area contributed by atoms with E-state index in [-0.39, 0.29) is 0 Å². The highest BCUT2D eigenvalue weighted by Crippen LogP contribution is 2.49. The standard InChI is InChI=1S/C56H33N5/c57-34-36-25-29-38(30-26-36)46-33-53(59-47-19-7-1-13-40(47)41-14-2-8-20-48(41)59)55(60-49-21-9-3-15-42(49)43-16-4-10-22-50(43)60)56(54(46)39-31-27-37(35-58)28-32-39)61-51-23-11-5-17-44(51)45-18-6-12-24-52(45)61/h1-33H. The van der Waals surface area contributed by atoms with E-state index < -0.39 is 0 Å². The monoisotopic (exact) mass is 775 g/mol. The first-order chi connectivity index (χ1) is 30.2. The summed E-state index contributed by atoms with van der Waals surface area (Å²) in [5.41, 5.74) is 14.6. The van der Waals surface area contributed by atoms with Crippen LogP contribution in [0.15, 0.2) is 200 Å². The van der Waals surface area contributed by atoms with E-state index >= 15 is 0 Å². The van der Waals surface area contributed by atoms with Gasteiger partial charge in [-0.15, -0.1) is 0 Å². The van der Waals surface area contributed by atoms with Gasteiger partial charge in [-0.05, 0) is 83.4 Å². The summed E-state index contributed by atoms with van der Waals surface area (Å²) in [6.07, 6.45) is 0. The van der Waals surface area contributed by atoms with Crippen molar-refractivity contribution in [3.8, 4) is 51.5 Å². The molecule has 0 radical (unpaired) electrons. The Kier molecular flexibility index (Phi) is 7.59. The van der Waals surface area contributed by atoms with Gasteiger partial charge < -0.3 is 13.7 Å². The van der Waals surface area contributed by atoms with Crippen molar-refractivity contribution in [1.82, 2.24) is 13.7 Å². The Morgan fingerprint density at radius 2 is 0.623 bits per heavy atom. The molecule has 3 heterocycles. The lowest BCUT2D eigenvalue weighted by Crippen LogP contribution is -2.12. The second-order valence-corrected chi connectivity index (χ2v) is 15.5. The van der Waals surface area contributed by atoms with Crippen LogP contribution in [0.1, 0.15) is 11.1 Å². The number of rotatable bonds is 5. The maximum absolute atomic E-state index is 10.0. The Morgan fingerprint density at radius 3 is 0.984 bits per heavy atom. The molecule has 0 aliphatic rings. The molecule has 0 amide bonds. The third-order valence-electron chi connectivity index (χ3n) is 12.3. The zero-order valence-electron chi connectivity index (χ0n) is 32.8. The first-order valence-electron chi connectivity index (χ1n) is 20.4. The fourth-order valence-corrected chi connectivity index (χ4v) is 9.72. The van der Waals surface area contributed by atoms with Crippen LogP contribution in [0.4, 0.5) is 0 Å². The Bertz CT molecular complexity index is 3670. The minimum absolute atomic E-state index is 0.589. The van der Waals surface area contributed by atoms with Gasteiger partial charge in [-0.25, -0.2) is 0 Å². The molecule has 5 heteroatoms. The first-order valence-corrected chi connectivity index (χ1v) is 20.4. The maximum atomic E-state index is 10.0. The Labute approximate surface area is 351 Å². The molecule has 0 bridgehead atoms. The van der Waals surface area contributed by atoms with Crippen molar-refractivity contribution >= 4 is 65.4 Å². The maximum Gasteiger partial charge on any atom is 0.0991 e. The minimum atomic E-state index is 0.589. The van der Waals surface area contributed by atoms with E-state index in [2.05, 4.69) is 202 Å². The average molecular weight is 776 g/mol. The molecule has 61 heavy (non-hydrogen) atoms. The van der Waals surface area contributed by atoms with Gasteiger partial charge in [-0.2, -0.15) is 10.5 Å². The number of fused-ring (bicyclic) bond motifs is 9. The van der Waals surface area contributed by atoms with Gasteiger partial charge in [0.2, 0.25) is 0 Å². The summed E-state index contributed by atoms with van der Waals surface area (Å²) in [5.74, 6) is 0. The first kappa shape index (κ1) is 34.4. The van der Waals surface area contributed by atoms with E-state index in [1.807, 2.05) is 24.3 Å². The van der Waals surface area contributed by atoms with E-state index in [4.69, 9.17) is 0 Å². The summed E-state index contributed by atoms with van der Waals surface area (Å²) in [7, 11) is 0. The molecule has 9 aromatic carbocycles. The zero-order valence-corrected chi connectivity index (χ0v) is 32.8. The van der Waals surface area contributed by atoms with Crippen LogP contribution in [0.2, 0.25) is 0 Å². The van der Waals surface area contributed by atoms with Gasteiger partial charge in [0.25, 0.3) is 0 Å². The number of aromatic nitrogens is 3. The topological polar surface area (TPSA) is 62.4 Å². The predicted molar refractivity (Wildman–Crippen MR) is 250 cm³/mol. The fourth-order valence-electron chi connectivity index (χ4n) is 9.72. The van der Waals surface area contributed by atoms with Crippen LogP contribution in [0.3, 0.4) is 0 Å². The Hall–Kier alpha value is -8.64. The number of hydrogen-bond donors (Lipinski definition) is 0. The number of hydrogen-bond acceptors (Lipinski definition) is 2. The van der Waals surface area contributed by atoms with Gasteiger partial charge in [0, 0.05) is 37.9 Å². The highest BCUT2D eigenvalue weighted by molar-refractivity contribution is 6.15. The molecular formula is C56H33N5. The molecule has 0 fully saturated rings. The molecule has 3 aromatic heterocycles. The van der Waals surface area contributed by atoms with E-state index in [9.17, 15) is 10.5 Å². The van der Waals surface area contributed by atoms with Crippen LogP contribution in [0.25, 0.3) is 105 Å². The number of para-hydroxylation sites is 6. The normalized spacial score (nSPS) is 11.6. The van der Waals surface area contributed by atoms with Crippen molar-refractivity contribution < 1.29 is 0 Å². The van der Waals surface area contributed by atoms with Crippen LogP contribution >= 0.6 is 0 Å². The van der Waals surface area contributed by atoms with Gasteiger partial charge in [-0.1, -0.05) is 133 Å². The molecule has 0 saturated carbocycles. The molecular weight excluding hydrogens is 743 g/mol. The number of benzene rings is 9. The number of nitrogens with zero attached hydrogens (tertiary/aromatic N) is 5. The third kappa shape index (κ3) is 5.05. The van der Waals surface area contributed by atoms with Gasteiger partial charge in [0.15, 0.2) is 0 Å². The Balaban J connectivity index is 1.42. The van der Waals surface area contributed by atoms with E-state index in [0.29, 0.717) is 11.1 Å². The summed E-state index contributed by atoms with van der Waals surface area (Å²) >= 11 is 0. The van der Waals surface area contributed by atoms with Crippen LogP contribution in [-0.2, 0) is 0 Å². The summed E-state index contributed by atoms with van der Waals surface area (Å²) in [6.45, 7) is 0. The molecule has 0 N–H and O–H groups in total. The molecule has 282 valence electrons.